The molecule has 4 heterocycles. The van der Waals surface area contributed by atoms with Crippen LogP contribution in [-0.4, -0.2) is 56.5 Å². The summed E-state index contributed by atoms with van der Waals surface area (Å²) in [6.45, 7) is 2.12. The van der Waals surface area contributed by atoms with Gasteiger partial charge in [-0.15, -0.1) is 0 Å². The second kappa shape index (κ2) is 9.85. The molecular formula is C26H22ClF3N6O. The van der Waals surface area contributed by atoms with E-state index in [0.29, 0.717) is 65.2 Å². The van der Waals surface area contributed by atoms with Crippen molar-refractivity contribution in [2.45, 2.75) is 6.18 Å². The second-order valence-electron chi connectivity index (χ2n) is 8.64. The van der Waals surface area contributed by atoms with E-state index in [9.17, 15) is 18.0 Å². The monoisotopic (exact) mass is 526 g/mol. The van der Waals surface area contributed by atoms with Gasteiger partial charge in [0.15, 0.2) is 5.82 Å². The SMILES string of the molecule is Cn1ccnc1C(=O)N1CCN(c2ccc(-c3ccc(C(F)(F)F)cc3)c(-c3ccncc3Cl)n2)CC1. The minimum Gasteiger partial charge on any atom is -0.353 e. The maximum atomic E-state index is 13.1. The molecule has 0 saturated carbocycles. The summed E-state index contributed by atoms with van der Waals surface area (Å²) in [5.74, 6) is 0.951. The highest BCUT2D eigenvalue weighted by atomic mass is 35.5. The predicted molar refractivity (Wildman–Crippen MR) is 134 cm³/mol. The number of pyridine rings is 2. The van der Waals surface area contributed by atoms with Crippen LogP contribution in [0.2, 0.25) is 5.02 Å². The molecule has 1 aliphatic heterocycles. The van der Waals surface area contributed by atoms with Gasteiger partial charge in [-0.3, -0.25) is 9.78 Å². The molecule has 1 aliphatic rings. The Kier molecular flexibility index (Phi) is 6.59. The molecule has 5 rings (SSSR count). The average Bonchev–Trinajstić information content (AvgIpc) is 3.33. The van der Waals surface area contributed by atoms with Gasteiger partial charge in [0.05, 0.1) is 16.3 Å². The third kappa shape index (κ3) is 5.01. The van der Waals surface area contributed by atoms with Crippen LogP contribution in [0.15, 0.2) is 67.3 Å². The highest BCUT2D eigenvalue weighted by Crippen LogP contribution is 2.37. The largest absolute Gasteiger partial charge is 0.416 e. The number of aromatic nitrogens is 4. The molecule has 0 unspecified atom stereocenters. The summed E-state index contributed by atoms with van der Waals surface area (Å²) < 4.78 is 40.9. The average molecular weight is 527 g/mol. The van der Waals surface area contributed by atoms with E-state index in [0.717, 1.165) is 12.1 Å². The number of alkyl halides is 3. The first-order chi connectivity index (χ1) is 17.7. The molecule has 190 valence electrons. The van der Waals surface area contributed by atoms with Crippen LogP contribution in [0.4, 0.5) is 19.0 Å². The summed E-state index contributed by atoms with van der Waals surface area (Å²) in [5.41, 5.74) is 1.67. The fourth-order valence-corrected chi connectivity index (χ4v) is 4.53. The third-order valence-electron chi connectivity index (χ3n) is 6.33. The van der Waals surface area contributed by atoms with Crippen LogP contribution in [0.5, 0.6) is 0 Å². The number of carbonyl (C=O) groups excluding carboxylic acids is 1. The van der Waals surface area contributed by atoms with Gasteiger partial charge in [-0.05, 0) is 35.9 Å². The van der Waals surface area contributed by atoms with Crippen molar-refractivity contribution in [2.75, 3.05) is 31.1 Å². The van der Waals surface area contributed by atoms with Crippen LogP contribution in [0.25, 0.3) is 22.4 Å². The lowest BCUT2D eigenvalue weighted by molar-refractivity contribution is -0.137. The van der Waals surface area contributed by atoms with E-state index < -0.39 is 11.7 Å². The van der Waals surface area contributed by atoms with Gasteiger partial charge >= 0.3 is 6.18 Å². The normalized spacial score (nSPS) is 14.2. The molecule has 0 spiro atoms. The smallest absolute Gasteiger partial charge is 0.353 e. The third-order valence-corrected chi connectivity index (χ3v) is 6.64. The number of halogens is 4. The molecule has 1 saturated heterocycles. The summed E-state index contributed by atoms with van der Waals surface area (Å²) in [6, 6.07) is 10.4. The van der Waals surface area contributed by atoms with Crippen LogP contribution in [0.3, 0.4) is 0 Å². The lowest BCUT2D eigenvalue weighted by atomic mass is 9.98. The maximum absolute atomic E-state index is 13.1. The zero-order chi connectivity index (χ0) is 26.2. The minimum absolute atomic E-state index is 0.123. The van der Waals surface area contributed by atoms with Crippen molar-refractivity contribution >= 4 is 23.3 Å². The lowest BCUT2D eigenvalue weighted by Crippen LogP contribution is -2.49. The van der Waals surface area contributed by atoms with Crippen molar-refractivity contribution in [1.29, 1.82) is 0 Å². The quantitative estimate of drug-likeness (QED) is 0.367. The number of aryl methyl sites for hydroxylation is 1. The molecule has 1 fully saturated rings. The molecular weight excluding hydrogens is 505 g/mol. The van der Waals surface area contributed by atoms with Crippen molar-refractivity contribution in [2.24, 2.45) is 7.05 Å². The van der Waals surface area contributed by atoms with Gasteiger partial charge in [-0.25, -0.2) is 9.97 Å². The van der Waals surface area contributed by atoms with Crippen LogP contribution in [-0.2, 0) is 13.2 Å². The summed E-state index contributed by atoms with van der Waals surface area (Å²) in [6.07, 6.45) is 2.00. The van der Waals surface area contributed by atoms with E-state index in [1.807, 2.05) is 12.1 Å². The first-order valence-electron chi connectivity index (χ1n) is 11.5. The fourth-order valence-electron chi connectivity index (χ4n) is 4.32. The Morgan fingerprint density at radius 2 is 1.68 bits per heavy atom. The van der Waals surface area contributed by atoms with Gasteiger partial charge < -0.3 is 14.4 Å². The first kappa shape index (κ1) is 24.8. The fraction of sp³-hybridized carbons (Fsp3) is 0.231. The Hall–Kier alpha value is -3.92. The van der Waals surface area contributed by atoms with Crippen molar-refractivity contribution in [3.8, 4) is 22.4 Å². The molecule has 0 N–H and O–H groups in total. The minimum atomic E-state index is -4.42. The number of hydrogen-bond donors (Lipinski definition) is 0. The summed E-state index contributed by atoms with van der Waals surface area (Å²) in [7, 11) is 1.78. The molecule has 0 aliphatic carbocycles. The topological polar surface area (TPSA) is 67.2 Å². The molecule has 3 aromatic heterocycles. The summed E-state index contributed by atoms with van der Waals surface area (Å²) in [5, 5.41) is 0.380. The van der Waals surface area contributed by atoms with E-state index in [2.05, 4.69) is 14.9 Å². The Bertz CT molecular complexity index is 1430. The number of rotatable bonds is 4. The maximum Gasteiger partial charge on any atom is 0.416 e. The van der Waals surface area contributed by atoms with Crippen molar-refractivity contribution < 1.29 is 18.0 Å². The van der Waals surface area contributed by atoms with Crippen LogP contribution in [0, 0.1) is 0 Å². The van der Waals surface area contributed by atoms with E-state index in [1.165, 1.54) is 18.3 Å². The number of nitrogens with zero attached hydrogens (tertiary/aromatic N) is 6. The molecule has 0 bridgehead atoms. The van der Waals surface area contributed by atoms with Gasteiger partial charge in [0.2, 0.25) is 0 Å². The zero-order valence-electron chi connectivity index (χ0n) is 19.8. The number of benzene rings is 1. The number of amides is 1. The van der Waals surface area contributed by atoms with Gasteiger partial charge in [0.25, 0.3) is 5.91 Å². The molecule has 0 radical (unpaired) electrons. The van der Waals surface area contributed by atoms with E-state index >= 15 is 0 Å². The van der Waals surface area contributed by atoms with Crippen LogP contribution >= 0.6 is 11.6 Å². The van der Waals surface area contributed by atoms with Crippen LogP contribution < -0.4 is 4.90 Å². The molecule has 37 heavy (non-hydrogen) atoms. The molecule has 7 nitrogen and oxygen atoms in total. The highest BCUT2D eigenvalue weighted by Gasteiger charge is 2.30. The Morgan fingerprint density at radius 3 is 2.30 bits per heavy atom. The van der Waals surface area contributed by atoms with Crippen molar-refractivity contribution in [3.63, 3.8) is 0 Å². The zero-order valence-corrected chi connectivity index (χ0v) is 20.5. The Labute approximate surface area is 216 Å². The molecule has 1 aromatic carbocycles. The number of carbonyl (C=O) groups is 1. The van der Waals surface area contributed by atoms with Gasteiger partial charge in [-0.2, -0.15) is 13.2 Å². The number of piperazine rings is 1. The second-order valence-corrected chi connectivity index (χ2v) is 9.04. The number of imidazole rings is 1. The summed E-state index contributed by atoms with van der Waals surface area (Å²) >= 11 is 6.44. The first-order valence-corrected chi connectivity index (χ1v) is 11.9. The number of hydrogen-bond acceptors (Lipinski definition) is 5. The predicted octanol–water partition coefficient (Wildman–Crippen LogP) is 5.18. The Balaban J connectivity index is 1.44. The van der Waals surface area contributed by atoms with E-state index in [1.54, 1.807) is 41.2 Å². The van der Waals surface area contributed by atoms with Crippen molar-refractivity contribution in [1.82, 2.24) is 24.4 Å². The molecule has 4 aromatic rings. The van der Waals surface area contributed by atoms with Gasteiger partial charge in [-0.1, -0.05) is 23.7 Å². The van der Waals surface area contributed by atoms with E-state index in [4.69, 9.17) is 16.6 Å². The van der Waals surface area contributed by atoms with Crippen molar-refractivity contribution in [3.05, 3.63) is 83.7 Å². The van der Waals surface area contributed by atoms with Gasteiger partial charge in [0, 0.05) is 69.1 Å². The molecule has 1 amide bonds. The molecule has 0 atom stereocenters. The standard InChI is InChI=1S/C26H22ClF3N6O/c1-34-11-10-32-24(34)25(37)36-14-12-35(13-15-36)22-7-6-19(17-2-4-18(5-3-17)26(28,29)30)23(33-22)20-8-9-31-16-21(20)27/h2-11,16H,12-15H2,1H3. The van der Waals surface area contributed by atoms with E-state index in [-0.39, 0.29) is 5.91 Å². The van der Waals surface area contributed by atoms with Crippen LogP contribution in [0.1, 0.15) is 16.2 Å². The molecule has 11 heteroatoms. The van der Waals surface area contributed by atoms with Gasteiger partial charge in [0.1, 0.15) is 5.82 Å². The number of anilines is 1. The summed E-state index contributed by atoms with van der Waals surface area (Å²) in [4.78, 5) is 29.7. The lowest BCUT2D eigenvalue weighted by Gasteiger charge is -2.35. The Morgan fingerprint density at radius 1 is 0.946 bits per heavy atom. The highest BCUT2D eigenvalue weighted by molar-refractivity contribution is 6.33.